The molecular formula is C31H29N6O5PS. The number of hydrogen-bond acceptors (Lipinski definition) is 10. The van der Waals surface area contributed by atoms with E-state index in [9.17, 15) is 14.2 Å². The molecule has 2 aromatic carbocycles. The van der Waals surface area contributed by atoms with Crippen molar-refractivity contribution in [2.45, 2.75) is 16.7 Å². The number of ether oxygens (including phenoxy) is 1. The van der Waals surface area contributed by atoms with Crippen molar-refractivity contribution in [3.63, 3.8) is 0 Å². The first-order valence-electron chi connectivity index (χ1n) is 13.6. The quantitative estimate of drug-likeness (QED) is 0.140. The Kier molecular flexibility index (Phi) is 9.52. The standard InChI is InChI=1S/C31H29N6O5PS/c1-21(31(39)41-3)20-43(40,42-29-19-33-16-17-35-29)37-27-18-23(44-28-10-5-4-9-25(28)30(38)32-2)12-13-24(27)26(36-37)14-11-22-8-6-7-15-34-22/h4-19,21H,20H2,1-3H3,(H,32,38)/b14-11+/t21-,43?/m1/s1. The van der Waals surface area contributed by atoms with E-state index in [0.717, 1.165) is 9.79 Å². The number of esters is 1. The molecule has 0 aliphatic rings. The molecule has 44 heavy (non-hydrogen) atoms. The van der Waals surface area contributed by atoms with Crippen molar-refractivity contribution in [2.75, 3.05) is 20.3 Å². The summed E-state index contributed by atoms with van der Waals surface area (Å²) in [6.45, 7) is 1.61. The smallest absolute Gasteiger partial charge is 0.365 e. The topological polar surface area (TPSA) is 138 Å². The average Bonchev–Trinajstić information content (AvgIpc) is 3.42. The maximum absolute atomic E-state index is 14.9. The Morgan fingerprint density at radius 2 is 1.86 bits per heavy atom. The van der Waals surface area contributed by atoms with Crippen molar-refractivity contribution in [1.29, 1.82) is 0 Å². The molecule has 5 aromatic rings. The van der Waals surface area contributed by atoms with Crippen LogP contribution in [0.5, 0.6) is 5.88 Å². The van der Waals surface area contributed by atoms with Crippen molar-refractivity contribution in [1.82, 2.24) is 29.8 Å². The lowest BCUT2D eigenvalue weighted by Crippen LogP contribution is -2.21. The molecule has 13 heteroatoms. The third-order valence-corrected chi connectivity index (χ3v) is 9.95. The average molecular weight is 629 g/mol. The SMILES string of the molecule is CNC(=O)c1ccccc1Sc1ccc2c(/C=C/c3ccccn3)nn(P(=O)(C[C@@H](C)C(=O)OC)Oc3cnccn3)c2c1. The maximum Gasteiger partial charge on any atom is 0.365 e. The van der Waals surface area contributed by atoms with E-state index in [1.54, 1.807) is 44.5 Å². The Balaban J connectivity index is 1.66. The number of benzene rings is 2. The molecule has 3 aromatic heterocycles. The fourth-order valence-electron chi connectivity index (χ4n) is 4.42. The normalized spacial score (nSPS) is 13.3. The van der Waals surface area contributed by atoms with Crippen molar-refractivity contribution in [2.24, 2.45) is 5.92 Å². The van der Waals surface area contributed by atoms with Crippen LogP contribution in [-0.2, 0) is 14.1 Å². The van der Waals surface area contributed by atoms with Gasteiger partial charge in [-0.05, 0) is 54.6 Å². The molecule has 0 aliphatic carbocycles. The van der Waals surface area contributed by atoms with Crippen LogP contribution in [0.3, 0.4) is 0 Å². The van der Waals surface area contributed by atoms with Crippen molar-refractivity contribution in [3.05, 3.63) is 102 Å². The lowest BCUT2D eigenvalue weighted by Gasteiger charge is -2.22. The highest BCUT2D eigenvalue weighted by Gasteiger charge is 2.36. The number of pyridine rings is 1. The molecule has 0 radical (unpaired) electrons. The van der Waals surface area contributed by atoms with Gasteiger partial charge in [-0.25, -0.2) is 4.98 Å². The van der Waals surface area contributed by atoms with Crippen molar-refractivity contribution in [3.8, 4) is 5.88 Å². The molecule has 224 valence electrons. The summed E-state index contributed by atoms with van der Waals surface area (Å²) in [5, 5.41) is 8.12. The maximum atomic E-state index is 14.9. The lowest BCUT2D eigenvalue weighted by atomic mass is 10.2. The van der Waals surface area contributed by atoms with Crippen LogP contribution in [0.4, 0.5) is 0 Å². The molecule has 0 fully saturated rings. The van der Waals surface area contributed by atoms with Gasteiger partial charge in [0.2, 0.25) is 5.88 Å². The van der Waals surface area contributed by atoms with E-state index in [1.807, 2.05) is 48.5 Å². The third kappa shape index (κ3) is 6.88. The van der Waals surface area contributed by atoms with Crippen LogP contribution >= 0.6 is 19.3 Å². The minimum Gasteiger partial charge on any atom is -0.469 e. The molecule has 0 aliphatic heterocycles. The summed E-state index contributed by atoms with van der Waals surface area (Å²) < 4.78 is 27.2. The highest BCUT2D eigenvalue weighted by molar-refractivity contribution is 7.99. The summed E-state index contributed by atoms with van der Waals surface area (Å²) in [6, 6.07) is 18.4. The van der Waals surface area contributed by atoms with Crippen LogP contribution < -0.4 is 9.84 Å². The number of hydrogen-bond donors (Lipinski definition) is 1. The van der Waals surface area contributed by atoms with Crippen LogP contribution in [0, 0.1) is 5.92 Å². The third-order valence-electron chi connectivity index (χ3n) is 6.52. The second-order valence-electron chi connectivity index (χ2n) is 9.60. The van der Waals surface area contributed by atoms with Crippen LogP contribution in [-0.4, -0.2) is 56.7 Å². The van der Waals surface area contributed by atoms with E-state index in [0.29, 0.717) is 27.9 Å². The van der Waals surface area contributed by atoms with E-state index >= 15 is 0 Å². The second kappa shape index (κ2) is 13.7. The van der Waals surface area contributed by atoms with Gasteiger partial charge in [0.25, 0.3) is 5.91 Å². The van der Waals surface area contributed by atoms with Gasteiger partial charge in [-0.15, -0.1) is 0 Å². The summed E-state index contributed by atoms with van der Waals surface area (Å²) in [7, 11) is -1.13. The molecular weight excluding hydrogens is 599 g/mol. The first-order chi connectivity index (χ1) is 21.3. The van der Waals surface area contributed by atoms with Crippen LogP contribution in [0.2, 0.25) is 0 Å². The number of aromatic nitrogens is 5. The van der Waals surface area contributed by atoms with Crippen LogP contribution in [0.1, 0.15) is 28.7 Å². The van der Waals surface area contributed by atoms with Gasteiger partial charge in [0.15, 0.2) is 0 Å². The molecule has 0 spiro atoms. The van der Waals surface area contributed by atoms with Crippen LogP contribution in [0.25, 0.3) is 23.1 Å². The summed E-state index contributed by atoms with van der Waals surface area (Å²) in [5.74, 6) is -1.51. The summed E-state index contributed by atoms with van der Waals surface area (Å²) in [6.07, 6.45) is 9.30. The van der Waals surface area contributed by atoms with Gasteiger partial charge in [0.05, 0.1) is 47.9 Å². The molecule has 0 saturated carbocycles. The zero-order chi connectivity index (χ0) is 31.1. The van der Waals surface area contributed by atoms with Gasteiger partial charge in [-0.2, -0.15) is 9.55 Å². The molecule has 0 saturated heterocycles. The predicted molar refractivity (Wildman–Crippen MR) is 169 cm³/mol. The van der Waals surface area contributed by atoms with Gasteiger partial charge < -0.3 is 14.6 Å². The van der Waals surface area contributed by atoms with E-state index in [2.05, 4.69) is 20.3 Å². The Labute approximate surface area is 258 Å². The minimum atomic E-state index is -3.99. The van der Waals surface area contributed by atoms with Gasteiger partial charge in [0.1, 0.15) is 0 Å². The number of fused-ring (bicyclic) bond motifs is 1. The molecule has 1 unspecified atom stereocenters. The first kappa shape index (κ1) is 30.7. The Morgan fingerprint density at radius 1 is 1.05 bits per heavy atom. The Bertz CT molecular complexity index is 1870. The van der Waals surface area contributed by atoms with E-state index in [4.69, 9.17) is 14.4 Å². The second-order valence-corrected chi connectivity index (χ2v) is 12.9. The van der Waals surface area contributed by atoms with Crippen LogP contribution in [0.15, 0.2) is 95.2 Å². The number of carbonyl (C=O) groups is 2. The lowest BCUT2D eigenvalue weighted by molar-refractivity contribution is -0.144. The van der Waals surface area contributed by atoms with E-state index < -0.39 is 19.4 Å². The van der Waals surface area contributed by atoms with E-state index in [-0.39, 0.29) is 17.9 Å². The number of methoxy groups -OCH3 is 1. The highest BCUT2D eigenvalue weighted by atomic mass is 32.2. The minimum absolute atomic E-state index is 0.0205. The Morgan fingerprint density at radius 3 is 2.59 bits per heavy atom. The fourth-order valence-corrected chi connectivity index (χ4v) is 7.66. The highest BCUT2D eigenvalue weighted by Crippen LogP contribution is 2.51. The van der Waals surface area contributed by atoms with Gasteiger partial charge in [0, 0.05) is 40.8 Å². The number of nitrogens with zero attached hydrogens (tertiary/aromatic N) is 5. The van der Waals surface area contributed by atoms with Crippen molar-refractivity contribution < 1.29 is 23.4 Å². The summed E-state index contributed by atoms with van der Waals surface area (Å²) >= 11 is 1.38. The van der Waals surface area contributed by atoms with Gasteiger partial charge >= 0.3 is 13.5 Å². The van der Waals surface area contributed by atoms with E-state index in [1.165, 1.54) is 41.9 Å². The molecule has 1 N–H and O–H groups in total. The van der Waals surface area contributed by atoms with Gasteiger partial charge in [-0.3, -0.25) is 24.1 Å². The molecule has 3 heterocycles. The summed E-state index contributed by atoms with van der Waals surface area (Å²) in [4.78, 5) is 39.0. The number of carbonyl (C=O) groups excluding carboxylic acids is 2. The number of amides is 1. The van der Waals surface area contributed by atoms with Gasteiger partial charge in [-0.1, -0.05) is 36.9 Å². The predicted octanol–water partition coefficient (Wildman–Crippen LogP) is 5.83. The number of nitrogens with one attached hydrogen (secondary N) is 1. The monoisotopic (exact) mass is 628 g/mol. The largest absolute Gasteiger partial charge is 0.469 e. The molecule has 11 nitrogen and oxygen atoms in total. The first-order valence-corrected chi connectivity index (χ1v) is 16.1. The Hall–Kier alpha value is -4.80. The fraction of sp³-hybridized carbons (Fsp3) is 0.161. The summed E-state index contributed by atoms with van der Waals surface area (Å²) in [5.41, 5.74) is 2.25. The number of rotatable bonds is 11. The zero-order valence-electron chi connectivity index (χ0n) is 24.2. The molecule has 0 bridgehead atoms. The molecule has 2 atom stereocenters. The van der Waals surface area contributed by atoms with Crippen molar-refractivity contribution >= 4 is 54.2 Å². The molecule has 1 amide bonds. The molecule has 5 rings (SSSR count). The zero-order valence-corrected chi connectivity index (χ0v) is 25.9.